The van der Waals surface area contributed by atoms with Crippen LogP contribution in [0.15, 0.2) is 11.6 Å². The van der Waals surface area contributed by atoms with Gasteiger partial charge in [-0.2, -0.15) is 92.2 Å². The normalized spacial score (nSPS) is 20.8. The first-order chi connectivity index (χ1) is 18.2. The van der Waals surface area contributed by atoms with Crippen LogP contribution in [0, 0.1) is 18.3 Å². The summed E-state index contributed by atoms with van der Waals surface area (Å²) in [5.74, 6) is -76.4. The van der Waals surface area contributed by atoms with E-state index < -0.39 is 90.1 Å². The lowest BCUT2D eigenvalue weighted by atomic mass is 9.86. The van der Waals surface area contributed by atoms with Gasteiger partial charge in [-0.25, -0.2) is 0 Å². The average molecular weight is 779 g/mol. The maximum atomic E-state index is 14.3. The summed E-state index contributed by atoms with van der Waals surface area (Å²) >= 11 is 1.43. The molecule has 1 rings (SSSR count). The number of hydrogen-bond acceptors (Lipinski definition) is 1. The van der Waals surface area contributed by atoms with Crippen LogP contribution in [0.3, 0.4) is 0 Å². The molecule has 0 aromatic heterocycles. The van der Waals surface area contributed by atoms with Crippen molar-refractivity contribution in [3.05, 3.63) is 11.6 Å². The van der Waals surface area contributed by atoms with Gasteiger partial charge < -0.3 is 0 Å². The highest BCUT2D eigenvalue weighted by atomic mass is 127. The predicted octanol–water partition coefficient (Wildman–Crippen LogP) is 8.19. The minimum absolute atomic E-state index is 0.283. The number of hydrogen-bond donors (Lipinski definition) is 0. The van der Waals surface area contributed by atoms with E-state index in [0.29, 0.717) is 0 Å². The molecule has 1 saturated heterocycles. The largest absolute Gasteiger partial charge is 0.460 e. The van der Waals surface area contributed by atoms with Gasteiger partial charge in [0.05, 0.1) is 6.54 Å². The molecule has 0 aromatic carbocycles. The molecule has 1 aliphatic heterocycles. The standard InChI is InChI=1S/C19H11F21IN/c1-2-3-42-6-8(9(5-41)7-42)4-10(20,21)11(22,23)12(24,25)13(26,27)14(28,29)15(30,31)16(32,33)17(34,35)18(36,37)19(38,39)40/h1,4,9H,3,5-7H2/b8-4+. The topological polar surface area (TPSA) is 3.24 Å². The summed E-state index contributed by atoms with van der Waals surface area (Å²) in [6.45, 7) is -1.59. The third kappa shape index (κ3) is 5.26. The van der Waals surface area contributed by atoms with Crippen molar-refractivity contribution in [3.63, 3.8) is 0 Å². The maximum Gasteiger partial charge on any atom is 0.460 e. The molecule has 42 heavy (non-hydrogen) atoms. The number of nitrogens with zero attached hydrogens (tertiary/aromatic N) is 1. The Bertz CT molecular complexity index is 1070. The van der Waals surface area contributed by atoms with Gasteiger partial charge in [-0.1, -0.05) is 28.5 Å². The lowest BCUT2D eigenvalue weighted by Crippen LogP contribution is -2.76. The first-order valence-electron chi connectivity index (χ1n) is 10.1. The van der Waals surface area contributed by atoms with Crippen LogP contribution in [0.1, 0.15) is 0 Å². The van der Waals surface area contributed by atoms with Gasteiger partial charge in [0.15, 0.2) is 0 Å². The molecule has 1 fully saturated rings. The second kappa shape index (κ2) is 10.8. The van der Waals surface area contributed by atoms with Crippen molar-refractivity contribution in [3.8, 4) is 12.3 Å². The molecule has 0 N–H and O–H groups in total. The van der Waals surface area contributed by atoms with E-state index in [2.05, 4.69) is 0 Å². The fourth-order valence-electron chi connectivity index (χ4n) is 3.34. The fraction of sp³-hybridized carbons (Fsp3) is 0.789. The molecule has 1 atom stereocenters. The summed E-state index contributed by atoms with van der Waals surface area (Å²) in [7, 11) is 0. The van der Waals surface area contributed by atoms with Crippen LogP contribution in [0.2, 0.25) is 0 Å². The second-order valence-corrected chi connectivity index (χ2v) is 9.54. The van der Waals surface area contributed by atoms with Gasteiger partial charge in [-0.15, -0.1) is 6.42 Å². The Morgan fingerprint density at radius 3 is 1.26 bits per heavy atom. The monoisotopic (exact) mass is 779 g/mol. The maximum absolute atomic E-state index is 14.3. The summed E-state index contributed by atoms with van der Waals surface area (Å²) in [5.41, 5.74) is -0.971. The average Bonchev–Trinajstić information content (AvgIpc) is 3.17. The van der Waals surface area contributed by atoms with Gasteiger partial charge in [0.2, 0.25) is 0 Å². The number of likely N-dealkylation sites (tertiary alicyclic amines) is 1. The second-order valence-electron chi connectivity index (χ2n) is 8.66. The van der Waals surface area contributed by atoms with E-state index in [1.54, 1.807) is 0 Å². The zero-order valence-electron chi connectivity index (χ0n) is 19.3. The van der Waals surface area contributed by atoms with E-state index in [-0.39, 0.29) is 11.0 Å². The van der Waals surface area contributed by atoms with E-state index in [0.717, 1.165) is 4.90 Å². The highest BCUT2D eigenvalue weighted by molar-refractivity contribution is 14.1. The summed E-state index contributed by atoms with van der Waals surface area (Å²) in [4.78, 5) is 1.02. The molecule has 1 nitrogen and oxygen atoms in total. The van der Waals surface area contributed by atoms with Gasteiger partial charge in [0.25, 0.3) is 0 Å². The molecule has 0 aliphatic carbocycles. The molecular weight excluding hydrogens is 768 g/mol. The Kier molecular flexibility index (Phi) is 9.96. The Labute approximate surface area is 233 Å². The number of halogens is 22. The van der Waals surface area contributed by atoms with E-state index in [4.69, 9.17) is 6.42 Å². The van der Waals surface area contributed by atoms with Crippen LogP contribution < -0.4 is 0 Å². The molecule has 1 heterocycles. The molecule has 1 aliphatic rings. The fourth-order valence-corrected chi connectivity index (χ4v) is 4.18. The molecule has 0 spiro atoms. The van der Waals surface area contributed by atoms with Crippen LogP contribution in [-0.4, -0.2) is 88.4 Å². The van der Waals surface area contributed by atoms with Gasteiger partial charge in [0.1, 0.15) is 0 Å². The predicted molar refractivity (Wildman–Crippen MR) is 106 cm³/mol. The molecule has 23 heteroatoms. The zero-order valence-corrected chi connectivity index (χ0v) is 21.5. The van der Waals surface area contributed by atoms with Crippen molar-refractivity contribution in [2.45, 2.75) is 59.5 Å². The van der Waals surface area contributed by atoms with Crippen molar-refractivity contribution >= 4 is 22.6 Å². The minimum Gasteiger partial charge on any atom is -0.288 e. The third-order valence-electron chi connectivity index (χ3n) is 5.81. The van der Waals surface area contributed by atoms with Crippen LogP contribution >= 0.6 is 22.6 Å². The molecular formula is C19H11F21IN. The van der Waals surface area contributed by atoms with Crippen LogP contribution in [-0.2, 0) is 0 Å². The van der Waals surface area contributed by atoms with Gasteiger partial charge >= 0.3 is 59.5 Å². The van der Waals surface area contributed by atoms with E-state index in [9.17, 15) is 92.2 Å². The summed E-state index contributed by atoms with van der Waals surface area (Å²) in [6.07, 6.45) is -4.25. The van der Waals surface area contributed by atoms with Gasteiger partial charge in [-0.05, 0) is 11.6 Å². The first kappa shape index (κ1) is 38.5. The number of terminal acetylenes is 1. The molecule has 0 saturated carbocycles. The van der Waals surface area contributed by atoms with Crippen molar-refractivity contribution in [2.75, 3.05) is 24.1 Å². The summed E-state index contributed by atoms with van der Waals surface area (Å²) < 4.78 is 283. The Hall–Kier alpha value is -1.48. The molecule has 0 amide bonds. The number of alkyl halides is 22. The van der Waals surface area contributed by atoms with E-state index in [1.165, 1.54) is 22.6 Å². The van der Waals surface area contributed by atoms with Gasteiger partial charge in [0, 0.05) is 23.4 Å². The SMILES string of the molecule is C#CCN1C/C(=C\C(F)(F)C(F)(F)C(F)(F)C(F)(F)C(F)(F)C(F)(F)C(F)(F)C(F)(F)C(F)(F)C(F)(F)F)C(CI)C1. The molecule has 0 aromatic rings. The van der Waals surface area contributed by atoms with Crippen molar-refractivity contribution in [1.29, 1.82) is 0 Å². The summed E-state index contributed by atoms with van der Waals surface area (Å²) in [6, 6.07) is 0. The van der Waals surface area contributed by atoms with Crippen molar-refractivity contribution in [2.24, 2.45) is 5.92 Å². The van der Waals surface area contributed by atoms with Crippen LogP contribution in [0.25, 0.3) is 0 Å². The summed E-state index contributed by atoms with van der Waals surface area (Å²) in [5, 5.41) is 0. The number of rotatable bonds is 11. The van der Waals surface area contributed by atoms with E-state index in [1.807, 2.05) is 5.92 Å². The number of allylic oxidation sites excluding steroid dienone is 1. The molecule has 246 valence electrons. The Morgan fingerprint density at radius 2 is 0.952 bits per heavy atom. The smallest absolute Gasteiger partial charge is 0.288 e. The third-order valence-corrected chi connectivity index (χ3v) is 6.88. The Morgan fingerprint density at radius 1 is 0.619 bits per heavy atom. The molecule has 1 unspecified atom stereocenters. The van der Waals surface area contributed by atoms with Crippen LogP contribution in [0.5, 0.6) is 0 Å². The van der Waals surface area contributed by atoms with E-state index >= 15 is 0 Å². The van der Waals surface area contributed by atoms with Crippen LogP contribution in [0.4, 0.5) is 92.2 Å². The quantitative estimate of drug-likeness (QED) is 0.0673. The molecule has 0 radical (unpaired) electrons. The first-order valence-corrected chi connectivity index (χ1v) is 11.6. The van der Waals surface area contributed by atoms with Crippen molar-refractivity contribution < 1.29 is 92.2 Å². The highest BCUT2D eigenvalue weighted by Crippen LogP contribution is 2.66. The van der Waals surface area contributed by atoms with Crippen molar-refractivity contribution in [1.82, 2.24) is 4.90 Å². The minimum atomic E-state index is -9.18. The highest BCUT2D eigenvalue weighted by Gasteiger charge is 2.97. The Balaban J connectivity index is 3.75. The molecule has 0 bridgehead atoms. The lowest BCUT2D eigenvalue weighted by Gasteiger charge is -2.44. The lowest BCUT2D eigenvalue weighted by molar-refractivity contribution is -0.473. The van der Waals surface area contributed by atoms with Gasteiger partial charge in [-0.3, -0.25) is 4.90 Å². The zero-order chi connectivity index (χ0) is 34.0.